The molecule has 4 saturated heterocycles. The van der Waals surface area contributed by atoms with Crippen LogP contribution in [0.2, 0.25) is 0 Å². The molecule has 686 valence electrons. The van der Waals surface area contributed by atoms with E-state index in [1.54, 1.807) is 58.3 Å². The molecule has 133 heavy (non-hydrogen) atoms. The molecule has 8 aromatic carbocycles. The molecule has 8 aliphatic heterocycles. The van der Waals surface area contributed by atoms with Gasteiger partial charge in [0.15, 0.2) is 0 Å². The number of hydrogen-bond acceptors (Lipinski definition) is 12. The summed E-state index contributed by atoms with van der Waals surface area (Å²) in [6.45, 7) is 13.7. The molecule has 8 fully saturated rings. The number of carbonyl (C=O) groups is 4. The molecule has 6 unspecified atom stereocenters. The highest BCUT2D eigenvalue weighted by molar-refractivity contribution is 6.11. The Labute approximate surface area is 778 Å². The number of hydrogen-bond donors (Lipinski definition) is 0. The van der Waals surface area contributed by atoms with Crippen molar-refractivity contribution in [2.75, 3.05) is 72.0 Å². The van der Waals surface area contributed by atoms with Gasteiger partial charge in [0.05, 0.1) is 72.6 Å². The van der Waals surface area contributed by atoms with Gasteiger partial charge in [-0.05, 0) is 209 Å². The van der Waals surface area contributed by atoms with E-state index in [9.17, 15) is 19.2 Å². The van der Waals surface area contributed by atoms with E-state index in [2.05, 4.69) is 114 Å². The van der Waals surface area contributed by atoms with Gasteiger partial charge in [-0.2, -0.15) is 20.4 Å². The molecule has 20 nitrogen and oxygen atoms in total. The Hall–Kier alpha value is -11.9. The lowest BCUT2D eigenvalue weighted by molar-refractivity contribution is -0.123. The number of rotatable bonds is 17. The standard InChI is InChI=1S/2C28H31FN4O.C27H29FN4O.C27H30N4O/c1-19-6-5-9-25(19)32-13-12-28(18-32)23-7-3-4-8-26(23)33(27(28)34)17-21-11-10-20(14-24(21)29)22-15-30-31(2)16-22;1-2-32-17-22(16-30-32)20-11-12-21(25(29)15-20)18-33-26-10-6-5-9-24(26)28(27(33)34)13-14-31(19-28)23-7-3-4-8-23;1-30-16-21(15-29-30)19-10-11-20(24(28)14-19)17-32-25-9-5-4-8-23(25)27(26(32)33)12-13-31(18-27)22-6-2-3-7-22;1-29-18-22(16-28-29)21-12-10-20(11-13-21)17-31-25-9-5-4-8-24(25)27(26(31)32)14-15-30(19-27)23-6-2-3-7-23/h3-4,7-8,10-11,14-16,19,25H,5-6,9,12-13,17-18H2,1-2H3;5-6,9-12,15-17,23H,2-4,7-8,13-14,18-19H2,1H3;4-5,8-11,14-16,22H,2-3,6-7,12-13,17-18H2,1H3;4-5,8-13,16,18,23H,2-3,6-7,14-15,17,19H2,1H3. The van der Waals surface area contributed by atoms with Crippen LogP contribution in [-0.4, -0.2) is 159 Å². The minimum Gasteiger partial charge on any atom is -0.307 e. The van der Waals surface area contributed by atoms with E-state index in [0.29, 0.717) is 53.3 Å². The van der Waals surface area contributed by atoms with Crippen LogP contribution in [-0.2, 0) is 94.7 Å². The molecule has 12 aliphatic rings. The molecule has 4 amide bonds. The Morgan fingerprint density at radius 2 is 0.639 bits per heavy atom. The van der Waals surface area contributed by atoms with Crippen LogP contribution in [0.25, 0.3) is 44.5 Å². The molecular formula is C110H121F3N16O4. The zero-order chi connectivity index (χ0) is 91.0. The van der Waals surface area contributed by atoms with Gasteiger partial charge in [-0.25, -0.2) is 13.2 Å². The predicted molar refractivity (Wildman–Crippen MR) is 515 cm³/mol. The molecule has 6 atom stereocenters. The van der Waals surface area contributed by atoms with Crippen molar-refractivity contribution in [1.82, 2.24) is 58.7 Å². The Morgan fingerprint density at radius 1 is 0.331 bits per heavy atom. The molecule has 4 aromatic heterocycles. The number of amides is 4. The fourth-order valence-electron chi connectivity index (χ4n) is 25.1. The molecule has 24 rings (SSSR count). The number of nitrogens with zero attached hydrogens (tertiary/aromatic N) is 16. The first-order valence-electron chi connectivity index (χ1n) is 48.8. The highest BCUT2D eigenvalue weighted by atomic mass is 19.1. The van der Waals surface area contributed by atoms with Crippen LogP contribution in [0, 0.1) is 23.4 Å². The normalized spacial score (nSPS) is 24.1. The van der Waals surface area contributed by atoms with Crippen molar-refractivity contribution in [1.29, 1.82) is 0 Å². The van der Waals surface area contributed by atoms with Gasteiger partial charge in [0.2, 0.25) is 23.6 Å². The van der Waals surface area contributed by atoms with Crippen molar-refractivity contribution >= 4 is 46.4 Å². The van der Waals surface area contributed by atoms with E-state index in [1.807, 2.05) is 167 Å². The maximum Gasteiger partial charge on any atom is 0.239 e. The Kier molecular flexibility index (Phi) is 23.8. The number of halogens is 3. The number of likely N-dealkylation sites (tertiary alicyclic amines) is 4. The van der Waals surface area contributed by atoms with Crippen LogP contribution in [0.15, 0.2) is 225 Å². The number of benzene rings is 8. The van der Waals surface area contributed by atoms with E-state index < -0.39 is 16.2 Å². The van der Waals surface area contributed by atoms with Crippen LogP contribution >= 0.6 is 0 Å². The van der Waals surface area contributed by atoms with Gasteiger partial charge in [-0.1, -0.05) is 185 Å². The molecule has 4 aliphatic carbocycles. The van der Waals surface area contributed by atoms with Crippen molar-refractivity contribution in [3.05, 3.63) is 287 Å². The summed E-state index contributed by atoms with van der Waals surface area (Å²) in [6, 6.07) is 59.7. The first-order chi connectivity index (χ1) is 64.7. The Balaban J connectivity index is 0.000000107. The smallest absolute Gasteiger partial charge is 0.239 e. The van der Waals surface area contributed by atoms with Gasteiger partial charge >= 0.3 is 0 Å². The molecule has 12 heterocycles. The molecule has 4 saturated carbocycles. The van der Waals surface area contributed by atoms with E-state index in [4.69, 9.17) is 0 Å². The van der Waals surface area contributed by atoms with Crippen LogP contribution in [0.5, 0.6) is 0 Å². The van der Waals surface area contributed by atoms with Gasteiger partial charge in [0.1, 0.15) is 17.5 Å². The summed E-state index contributed by atoms with van der Waals surface area (Å²) in [5, 5.41) is 16.9. The summed E-state index contributed by atoms with van der Waals surface area (Å²) < 4.78 is 52.7. The summed E-state index contributed by atoms with van der Waals surface area (Å²) in [4.78, 5) is 73.5. The molecule has 0 bridgehead atoms. The lowest BCUT2D eigenvalue weighted by Gasteiger charge is -2.30. The van der Waals surface area contributed by atoms with E-state index in [0.717, 1.165) is 174 Å². The van der Waals surface area contributed by atoms with Gasteiger partial charge in [0.25, 0.3) is 0 Å². The Bertz CT molecular complexity index is 6360. The SMILES string of the molecule is CC1CCCC1N1CCC2(C1)C(=O)N(Cc1ccc(-c3cnn(C)c3)cc1F)c1ccccc12.CCn1cc(-c2ccc(CN3C(=O)C4(CCN(C5CCCC5)C4)c4ccccc43)c(F)c2)cn1.Cn1cc(-c2ccc(CN3C(=O)C4(CCN(C5CCCC5)C4)c4ccccc43)c(F)c2)cn1.Cn1cc(-c2ccc(CN3C(=O)C4(CCN(C5CCCC5)C4)c4ccccc43)cc2)cn1. The second-order valence-corrected chi connectivity index (χ2v) is 40.0. The second kappa shape index (κ2) is 36.2. The summed E-state index contributed by atoms with van der Waals surface area (Å²) in [5.41, 5.74) is 16.7. The van der Waals surface area contributed by atoms with Gasteiger partial charge in [-0.15, -0.1) is 0 Å². The molecule has 4 spiro atoms. The van der Waals surface area contributed by atoms with Gasteiger partial charge in [-0.3, -0.25) is 57.5 Å². The third-order valence-electron chi connectivity index (χ3n) is 32.3. The van der Waals surface area contributed by atoms with Crippen molar-refractivity contribution in [2.45, 2.75) is 214 Å². The van der Waals surface area contributed by atoms with Gasteiger partial charge in [0, 0.05) is 165 Å². The first kappa shape index (κ1) is 87.7. The summed E-state index contributed by atoms with van der Waals surface area (Å²) >= 11 is 0. The monoisotopic (exact) mass is 1790 g/mol. The molecule has 12 aromatic rings. The fraction of sp³-hybridized carbons (Fsp3) is 0.418. The number of para-hydroxylation sites is 4. The van der Waals surface area contributed by atoms with Crippen LogP contribution in [0.3, 0.4) is 0 Å². The molecule has 23 heteroatoms. The summed E-state index contributed by atoms with van der Waals surface area (Å²) in [5.74, 6) is 0.481. The van der Waals surface area contributed by atoms with E-state index in [-0.39, 0.29) is 66.1 Å². The lowest BCUT2D eigenvalue weighted by Crippen LogP contribution is -2.44. The summed E-state index contributed by atoms with van der Waals surface area (Å²) in [7, 11) is 5.62. The maximum absolute atomic E-state index is 15.2. The largest absolute Gasteiger partial charge is 0.307 e. The van der Waals surface area contributed by atoms with Crippen molar-refractivity contribution in [2.24, 2.45) is 27.1 Å². The number of fused-ring (bicyclic) bond motifs is 8. The third kappa shape index (κ3) is 16.1. The molecule has 0 N–H and O–H groups in total. The highest BCUT2D eigenvalue weighted by Gasteiger charge is 2.60. The fourth-order valence-corrected chi connectivity index (χ4v) is 25.1. The Morgan fingerprint density at radius 3 is 0.955 bits per heavy atom. The van der Waals surface area contributed by atoms with Crippen LogP contribution in [0.4, 0.5) is 35.9 Å². The number of anilines is 4. The second-order valence-electron chi connectivity index (χ2n) is 40.0. The molecule has 0 radical (unpaired) electrons. The number of aromatic nitrogens is 8. The van der Waals surface area contributed by atoms with Crippen LogP contribution < -0.4 is 19.6 Å². The molecular weight excluding hydrogens is 1670 g/mol. The average molecular weight is 1790 g/mol. The quantitative estimate of drug-likeness (QED) is 0.0848. The average Bonchev–Trinajstić information content (AvgIpc) is 1.58. The van der Waals surface area contributed by atoms with Crippen molar-refractivity contribution in [3.63, 3.8) is 0 Å². The van der Waals surface area contributed by atoms with Gasteiger partial charge < -0.3 is 19.6 Å². The first-order valence-corrected chi connectivity index (χ1v) is 48.8. The predicted octanol–water partition coefficient (Wildman–Crippen LogP) is 19.2. The zero-order valence-electron chi connectivity index (χ0n) is 77.3. The minimum atomic E-state index is -0.509. The van der Waals surface area contributed by atoms with Crippen molar-refractivity contribution in [3.8, 4) is 44.5 Å². The maximum atomic E-state index is 15.2. The van der Waals surface area contributed by atoms with E-state index >= 15 is 13.2 Å². The number of aryl methyl sites for hydroxylation is 4. The minimum absolute atomic E-state index is 0.123. The lowest BCUT2D eigenvalue weighted by atomic mass is 9.81. The van der Waals surface area contributed by atoms with Crippen molar-refractivity contribution < 1.29 is 32.3 Å². The zero-order valence-corrected chi connectivity index (χ0v) is 77.3. The highest BCUT2D eigenvalue weighted by Crippen LogP contribution is 2.55. The summed E-state index contributed by atoms with van der Waals surface area (Å²) in [6.07, 6.45) is 37.4. The third-order valence-corrected chi connectivity index (χ3v) is 32.3. The topological polar surface area (TPSA) is 165 Å². The van der Waals surface area contributed by atoms with Crippen LogP contribution in [0.1, 0.15) is 180 Å². The number of carbonyl (C=O) groups excluding carboxylic acids is 4. The van der Waals surface area contributed by atoms with E-state index in [1.165, 1.54) is 102 Å².